The zero-order valence-corrected chi connectivity index (χ0v) is 19.9. The van der Waals surface area contributed by atoms with Crippen LogP contribution in [0.15, 0.2) is 40.1 Å². The number of nitrogens with one attached hydrogen (secondary N) is 1. The molecule has 30 heavy (non-hydrogen) atoms. The van der Waals surface area contributed by atoms with Crippen molar-refractivity contribution in [3.05, 3.63) is 52.0 Å². The number of hydrogen-bond acceptors (Lipinski definition) is 5. The van der Waals surface area contributed by atoms with Crippen molar-refractivity contribution < 1.29 is 21.6 Å². The molecule has 0 aliphatic carbocycles. The molecule has 0 spiro atoms. The van der Waals surface area contributed by atoms with Gasteiger partial charge in [0.15, 0.2) is 0 Å². The molecule has 0 aromatic heterocycles. The maximum absolute atomic E-state index is 12.8. The number of benzene rings is 2. The SMILES string of the molecule is Cc1cc(S(=O)(=O)N(C)C)cc(NC(=O)c2ccc(Cl)c(S(=O)(=O)N(C)C)c2)c1C. The fourth-order valence-corrected chi connectivity index (χ4v) is 4.96. The Balaban J connectivity index is 2.50. The molecule has 0 atom stereocenters. The standard InChI is InChI=1S/C19H24ClN3O5S2/c1-12-9-15(29(25,26)22(3)4)11-17(13(12)2)21-19(24)14-7-8-16(20)18(10-14)30(27,28)23(5)6/h7-11H,1-6H3,(H,21,24). The molecule has 0 aliphatic heterocycles. The van der Waals surface area contributed by atoms with Crippen LogP contribution in [-0.2, 0) is 20.0 Å². The van der Waals surface area contributed by atoms with Crippen molar-refractivity contribution in [2.45, 2.75) is 23.6 Å². The van der Waals surface area contributed by atoms with Crippen molar-refractivity contribution in [1.29, 1.82) is 0 Å². The molecule has 8 nitrogen and oxygen atoms in total. The molecule has 11 heteroatoms. The summed E-state index contributed by atoms with van der Waals surface area (Å²) < 4.78 is 51.9. The molecule has 1 N–H and O–H groups in total. The van der Waals surface area contributed by atoms with Crippen LogP contribution in [0.4, 0.5) is 5.69 Å². The third kappa shape index (κ3) is 4.68. The van der Waals surface area contributed by atoms with Gasteiger partial charge in [0, 0.05) is 39.4 Å². The van der Waals surface area contributed by atoms with Crippen LogP contribution in [0.1, 0.15) is 21.5 Å². The number of sulfonamides is 2. The second-order valence-corrected chi connectivity index (χ2v) is 11.8. The summed E-state index contributed by atoms with van der Waals surface area (Å²) in [6, 6.07) is 6.83. The van der Waals surface area contributed by atoms with Crippen molar-refractivity contribution in [2.75, 3.05) is 33.5 Å². The number of carbonyl (C=O) groups is 1. The van der Waals surface area contributed by atoms with Gasteiger partial charge in [-0.2, -0.15) is 0 Å². The van der Waals surface area contributed by atoms with Gasteiger partial charge in [0.05, 0.1) is 9.92 Å². The number of amides is 1. The summed E-state index contributed by atoms with van der Waals surface area (Å²) in [5.74, 6) is -0.594. The predicted molar refractivity (Wildman–Crippen MR) is 117 cm³/mol. The molecule has 0 aliphatic rings. The summed E-state index contributed by atoms with van der Waals surface area (Å²) in [6.07, 6.45) is 0. The third-order valence-electron chi connectivity index (χ3n) is 4.62. The van der Waals surface area contributed by atoms with Crippen LogP contribution in [0.5, 0.6) is 0 Å². The quantitative estimate of drug-likeness (QED) is 0.694. The Morgan fingerprint density at radius 1 is 0.900 bits per heavy atom. The van der Waals surface area contributed by atoms with E-state index in [0.29, 0.717) is 16.8 Å². The fraction of sp³-hybridized carbons (Fsp3) is 0.316. The molecule has 0 saturated heterocycles. The Bertz CT molecular complexity index is 1210. The minimum Gasteiger partial charge on any atom is -0.322 e. The average Bonchev–Trinajstić information content (AvgIpc) is 2.64. The maximum atomic E-state index is 12.8. The first kappa shape index (κ1) is 24.3. The van der Waals surface area contributed by atoms with E-state index < -0.39 is 26.0 Å². The number of nitrogens with zero attached hydrogens (tertiary/aromatic N) is 2. The Morgan fingerprint density at radius 3 is 2.00 bits per heavy atom. The topological polar surface area (TPSA) is 104 Å². The van der Waals surface area contributed by atoms with Gasteiger partial charge in [-0.1, -0.05) is 11.6 Å². The minimum absolute atomic E-state index is 0.00801. The van der Waals surface area contributed by atoms with Gasteiger partial charge in [-0.15, -0.1) is 0 Å². The first-order valence-electron chi connectivity index (χ1n) is 8.76. The number of carbonyl (C=O) groups excluding carboxylic acids is 1. The van der Waals surface area contributed by atoms with Crippen LogP contribution in [0.2, 0.25) is 5.02 Å². The third-order valence-corrected chi connectivity index (χ3v) is 8.71. The van der Waals surface area contributed by atoms with Crippen molar-refractivity contribution in [3.8, 4) is 0 Å². The van der Waals surface area contributed by atoms with Crippen molar-refractivity contribution in [2.24, 2.45) is 0 Å². The Labute approximate surface area is 182 Å². The Kier molecular flexibility index (Phi) is 6.99. The number of rotatable bonds is 6. The summed E-state index contributed by atoms with van der Waals surface area (Å²) in [6.45, 7) is 3.49. The zero-order valence-electron chi connectivity index (χ0n) is 17.5. The highest BCUT2D eigenvalue weighted by molar-refractivity contribution is 7.89. The Morgan fingerprint density at radius 2 is 1.47 bits per heavy atom. The second-order valence-electron chi connectivity index (χ2n) is 7.09. The first-order chi connectivity index (χ1) is 13.7. The predicted octanol–water partition coefficient (Wildman–Crippen LogP) is 2.71. The second kappa shape index (κ2) is 8.64. The summed E-state index contributed by atoms with van der Waals surface area (Å²) >= 11 is 6.03. The summed E-state index contributed by atoms with van der Waals surface area (Å²) in [4.78, 5) is 12.7. The molecular weight excluding hydrogens is 450 g/mol. The molecule has 2 rings (SSSR count). The smallest absolute Gasteiger partial charge is 0.255 e. The number of hydrogen-bond donors (Lipinski definition) is 1. The maximum Gasteiger partial charge on any atom is 0.255 e. The largest absolute Gasteiger partial charge is 0.322 e. The van der Waals surface area contributed by atoms with E-state index >= 15 is 0 Å². The molecule has 164 valence electrons. The van der Waals surface area contributed by atoms with E-state index in [1.807, 2.05) is 0 Å². The van der Waals surface area contributed by atoms with Crippen LogP contribution < -0.4 is 5.32 Å². The summed E-state index contributed by atoms with van der Waals surface area (Å²) in [5, 5.41) is 2.66. The molecule has 2 aromatic carbocycles. The monoisotopic (exact) mass is 473 g/mol. The zero-order chi connectivity index (χ0) is 23.0. The molecule has 0 unspecified atom stereocenters. The van der Waals surface area contributed by atoms with E-state index in [0.717, 1.165) is 8.61 Å². The van der Waals surface area contributed by atoms with E-state index in [9.17, 15) is 21.6 Å². The number of anilines is 1. The van der Waals surface area contributed by atoms with Crippen LogP contribution in [0.25, 0.3) is 0 Å². The normalized spacial score (nSPS) is 12.4. The Hall–Kier alpha value is -1.98. The highest BCUT2D eigenvalue weighted by Gasteiger charge is 2.24. The average molecular weight is 474 g/mol. The van der Waals surface area contributed by atoms with E-state index in [2.05, 4.69) is 5.32 Å². The van der Waals surface area contributed by atoms with Crippen LogP contribution in [0.3, 0.4) is 0 Å². The van der Waals surface area contributed by atoms with Gasteiger partial charge in [0.25, 0.3) is 5.91 Å². The van der Waals surface area contributed by atoms with Crippen LogP contribution >= 0.6 is 11.6 Å². The molecule has 0 radical (unpaired) electrons. The van der Waals surface area contributed by atoms with Gasteiger partial charge in [-0.25, -0.2) is 25.4 Å². The van der Waals surface area contributed by atoms with Crippen molar-refractivity contribution in [1.82, 2.24) is 8.61 Å². The highest BCUT2D eigenvalue weighted by Crippen LogP contribution is 2.28. The minimum atomic E-state index is -3.85. The lowest BCUT2D eigenvalue weighted by molar-refractivity contribution is 0.102. The number of aryl methyl sites for hydroxylation is 1. The summed E-state index contributed by atoms with van der Waals surface area (Å²) in [5.41, 5.74) is 1.75. The lowest BCUT2D eigenvalue weighted by Crippen LogP contribution is -2.24. The molecule has 0 fully saturated rings. The van der Waals surface area contributed by atoms with E-state index in [1.54, 1.807) is 13.8 Å². The van der Waals surface area contributed by atoms with Gasteiger partial charge in [-0.05, 0) is 55.3 Å². The van der Waals surface area contributed by atoms with Crippen LogP contribution in [0, 0.1) is 13.8 Å². The highest BCUT2D eigenvalue weighted by atomic mass is 35.5. The van der Waals surface area contributed by atoms with E-state index in [-0.39, 0.29) is 20.4 Å². The molecule has 0 saturated carbocycles. The van der Waals surface area contributed by atoms with Gasteiger partial charge in [0.2, 0.25) is 20.0 Å². The number of halogens is 1. The van der Waals surface area contributed by atoms with E-state index in [4.69, 9.17) is 11.6 Å². The summed E-state index contributed by atoms with van der Waals surface area (Å²) in [7, 11) is -1.99. The fourth-order valence-electron chi connectivity index (χ4n) is 2.55. The lowest BCUT2D eigenvalue weighted by atomic mass is 10.1. The van der Waals surface area contributed by atoms with Crippen LogP contribution in [-0.4, -0.2) is 59.5 Å². The van der Waals surface area contributed by atoms with Gasteiger partial charge < -0.3 is 5.32 Å². The molecular formula is C19H24ClN3O5S2. The molecule has 0 bridgehead atoms. The van der Waals surface area contributed by atoms with Crippen molar-refractivity contribution in [3.63, 3.8) is 0 Å². The lowest BCUT2D eigenvalue weighted by Gasteiger charge is -2.17. The van der Waals surface area contributed by atoms with Gasteiger partial charge in [-0.3, -0.25) is 4.79 Å². The molecule has 1 amide bonds. The first-order valence-corrected chi connectivity index (χ1v) is 12.0. The van der Waals surface area contributed by atoms with E-state index in [1.165, 1.54) is 58.5 Å². The van der Waals surface area contributed by atoms with Gasteiger partial charge in [0.1, 0.15) is 4.90 Å². The molecule has 2 aromatic rings. The van der Waals surface area contributed by atoms with Crippen molar-refractivity contribution >= 4 is 43.2 Å². The van der Waals surface area contributed by atoms with Gasteiger partial charge >= 0.3 is 0 Å². The molecule has 0 heterocycles.